The molecule has 0 amide bonds. The lowest BCUT2D eigenvalue weighted by Gasteiger charge is -2.38. The Labute approximate surface area is 81.6 Å². The van der Waals surface area contributed by atoms with Crippen molar-refractivity contribution in [3.63, 3.8) is 0 Å². The maximum atomic E-state index is 10.7. The van der Waals surface area contributed by atoms with Crippen LogP contribution in [0, 0.1) is 0 Å². The van der Waals surface area contributed by atoms with E-state index in [1.54, 1.807) is 6.92 Å². The predicted molar refractivity (Wildman–Crippen MR) is 57.4 cm³/mol. The van der Waals surface area contributed by atoms with Crippen LogP contribution in [-0.4, -0.2) is 25.4 Å². The Morgan fingerprint density at radius 1 is 1.38 bits per heavy atom. The Balaban J connectivity index is 4.43. The molecule has 1 atom stereocenters. The van der Waals surface area contributed by atoms with Crippen LogP contribution in [0.5, 0.6) is 0 Å². The summed E-state index contributed by atoms with van der Waals surface area (Å²) in [5.74, 6) is -0.773. The number of carbonyl (C=O) groups is 1. The van der Waals surface area contributed by atoms with E-state index in [-0.39, 0.29) is 5.04 Å². The molecule has 0 aliphatic heterocycles. The first-order valence-corrected chi connectivity index (χ1v) is 7.58. The first-order chi connectivity index (χ1) is 5.58. The van der Waals surface area contributed by atoms with Gasteiger partial charge >= 0.3 is 5.97 Å². The molecule has 0 aliphatic carbocycles. The highest BCUT2D eigenvalue weighted by molar-refractivity contribution is 6.78. The third kappa shape index (κ3) is 3.48. The lowest BCUT2D eigenvalue weighted by Crippen LogP contribution is -2.57. The van der Waals surface area contributed by atoms with Crippen molar-refractivity contribution in [1.29, 1.82) is 0 Å². The van der Waals surface area contributed by atoms with Gasteiger partial charge in [-0.3, -0.25) is 4.79 Å². The number of hydrogen-bond acceptors (Lipinski definition) is 2. The zero-order valence-corrected chi connectivity index (χ0v) is 10.4. The van der Waals surface area contributed by atoms with Gasteiger partial charge in [0.2, 0.25) is 0 Å². The van der Waals surface area contributed by atoms with Crippen LogP contribution in [0.3, 0.4) is 0 Å². The zero-order chi connectivity index (χ0) is 10.9. The summed E-state index contributed by atoms with van der Waals surface area (Å²) >= 11 is 0. The summed E-state index contributed by atoms with van der Waals surface area (Å²) in [5, 5.41) is 8.95. The Morgan fingerprint density at radius 2 is 1.77 bits per heavy atom. The van der Waals surface area contributed by atoms with Gasteiger partial charge in [-0.05, 0) is 12.0 Å². The molecule has 0 radical (unpaired) electrons. The number of aliphatic carboxylic acids is 1. The van der Waals surface area contributed by atoms with Crippen molar-refractivity contribution in [3.8, 4) is 0 Å². The fourth-order valence-electron chi connectivity index (χ4n) is 0.820. The van der Waals surface area contributed by atoms with Gasteiger partial charge in [-0.15, -0.1) is 0 Å². The standard InChI is InChI=1S/C9H21NO2Si/c1-7(8(11)12)10-13(5,6)9(2,3)4/h7,10H,1-6H3,(H,11,12)/t7-/m0/s1. The quantitative estimate of drug-likeness (QED) is 0.690. The van der Waals surface area contributed by atoms with E-state index < -0.39 is 20.2 Å². The highest BCUT2D eigenvalue weighted by Gasteiger charge is 2.37. The fourth-order valence-corrected chi connectivity index (χ4v) is 2.46. The molecule has 0 saturated heterocycles. The molecule has 78 valence electrons. The van der Waals surface area contributed by atoms with E-state index in [4.69, 9.17) is 5.11 Å². The molecular formula is C9H21NO2Si. The molecule has 0 aromatic carbocycles. The Hall–Kier alpha value is -0.353. The summed E-state index contributed by atoms with van der Waals surface area (Å²) in [6, 6.07) is -0.444. The van der Waals surface area contributed by atoms with Gasteiger partial charge in [0, 0.05) is 0 Å². The molecule has 0 spiro atoms. The second-order valence-electron chi connectivity index (χ2n) is 5.08. The molecule has 0 aliphatic rings. The second-order valence-corrected chi connectivity index (χ2v) is 10.1. The molecule has 0 fully saturated rings. The summed E-state index contributed by atoms with van der Waals surface area (Å²) in [7, 11) is -1.66. The van der Waals surface area contributed by atoms with Crippen LogP contribution in [0.2, 0.25) is 18.1 Å². The van der Waals surface area contributed by atoms with E-state index in [0.717, 1.165) is 0 Å². The molecule has 4 heteroatoms. The van der Waals surface area contributed by atoms with Crippen LogP contribution < -0.4 is 4.98 Å². The van der Waals surface area contributed by atoms with Crippen LogP contribution in [0.1, 0.15) is 27.7 Å². The maximum absolute atomic E-state index is 10.7. The summed E-state index contributed by atoms with van der Waals surface area (Å²) < 4.78 is 0. The SMILES string of the molecule is C[C@H](N[Si](C)(C)C(C)(C)C)C(=O)O. The first-order valence-electron chi connectivity index (χ1n) is 4.58. The van der Waals surface area contributed by atoms with E-state index in [0.29, 0.717) is 0 Å². The van der Waals surface area contributed by atoms with Crippen molar-refractivity contribution in [2.24, 2.45) is 0 Å². The van der Waals surface area contributed by atoms with Crippen molar-refractivity contribution in [1.82, 2.24) is 4.98 Å². The highest BCUT2D eigenvalue weighted by atomic mass is 28.3. The lowest BCUT2D eigenvalue weighted by atomic mass is 10.2. The minimum absolute atomic E-state index is 0.177. The molecule has 0 heterocycles. The van der Waals surface area contributed by atoms with Gasteiger partial charge in [0.1, 0.15) is 8.24 Å². The number of carboxylic acids is 1. The summed E-state index contributed by atoms with van der Waals surface area (Å²) in [4.78, 5) is 13.9. The van der Waals surface area contributed by atoms with Crippen molar-refractivity contribution in [3.05, 3.63) is 0 Å². The van der Waals surface area contributed by atoms with Gasteiger partial charge in [0.05, 0.1) is 6.04 Å². The van der Waals surface area contributed by atoms with Gasteiger partial charge in [-0.1, -0.05) is 33.9 Å². The van der Waals surface area contributed by atoms with E-state index in [9.17, 15) is 4.79 Å². The monoisotopic (exact) mass is 203 g/mol. The average molecular weight is 203 g/mol. The normalized spacial score (nSPS) is 15.5. The summed E-state index contributed by atoms with van der Waals surface area (Å²) in [6.07, 6.45) is 0. The van der Waals surface area contributed by atoms with Crippen LogP contribution in [0.15, 0.2) is 0 Å². The predicted octanol–water partition coefficient (Wildman–Crippen LogP) is 2.05. The topological polar surface area (TPSA) is 49.3 Å². The Bertz CT molecular complexity index is 196. The van der Waals surface area contributed by atoms with Gasteiger partial charge in [-0.2, -0.15) is 0 Å². The number of hydrogen-bond donors (Lipinski definition) is 2. The molecule has 2 N–H and O–H groups in total. The van der Waals surface area contributed by atoms with E-state index in [1.807, 2.05) is 0 Å². The van der Waals surface area contributed by atoms with Gasteiger partial charge in [-0.25, -0.2) is 0 Å². The largest absolute Gasteiger partial charge is 0.480 e. The van der Waals surface area contributed by atoms with E-state index in [2.05, 4.69) is 38.8 Å². The molecule has 13 heavy (non-hydrogen) atoms. The summed E-state index contributed by atoms with van der Waals surface area (Å²) in [6.45, 7) is 12.5. The molecule has 0 unspecified atom stereocenters. The van der Waals surface area contributed by atoms with E-state index >= 15 is 0 Å². The third-order valence-electron chi connectivity index (χ3n) is 2.82. The minimum atomic E-state index is -1.66. The molecule has 3 nitrogen and oxygen atoms in total. The van der Waals surface area contributed by atoms with Crippen molar-refractivity contribution in [2.75, 3.05) is 0 Å². The van der Waals surface area contributed by atoms with Crippen molar-refractivity contribution in [2.45, 2.75) is 51.9 Å². The molecular weight excluding hydrogens is 182 g/mol. The first kappa shape index (κ1) is 12.6. The van der Waals surface area contributed by atoms with Gasteiger partial charge < -0.3 is 10.1 Å². The maximum Gasteiger partial charge on any atom is 0.319 e. The number of carboxylic acid groups (broad SMARTS) is 1. The molecule has 0 rings (SSSR count). The van der Waals surface area contributed by atoms with Gasteiger partial charge in [0.25, 0.3) is 0 Å². The zero-order valence-electron chi connectivity index (χ0n) is 9.43. The molecule has 0 bridgehead atoms. The van der Waals surface area contributed by atoms with Gasteiger partial charge in [0.15, 0.2) is 0 Å². The average Bonchev–Trinajstić information content (AvgIpc) is 1.83. The van der Waals surface area contributed by atoms with Crippen molar-refractivity contribution >= 4 is 14.2 Å². The molecule has 0 saturated carbocycles. The fraction of sp³-hybridized carbons (Fsp3) is 0.889. The lowest BCUT2D eigenvalue weighted by molar-refractivity contribution is -0.138. The smallest absolute Gasteiger partial charge is 0.319 e. The van der Waals surface area contributed by atoms with Crippen LogP contribution >= 0.6 is 0 Å². The minimum Gasteiger partial charge on any atom is -0.480 e. The van der Waals surface area contributed by atoms with Crippen LogP contribution in [0.25, 0.3) is 0 Å². The van der Waals surface area contributed by atoms with Crippen molar-refractivity contribution < 1.29 is 9.90 Å². The Kier molecular flexibility index (Phi) is 3.69. The molecule has 0 aromatic rings. The number of nitrogens with one attached hydrogen (secondary N) is 1. The van der Waals surface area contributed by atoms with Crippen LogP contribution in [-0.2, 0) is 4.79 Å². The summed E-state index contributed by atoms with van der Waals surface area (Å²) in [5.41, 5.74) is 0. The second kappa shape index (κ2) is 3.80. The third-order valence-corrected chi connectivity index (χ3v) is 7.73. The highest BCUT2D eigenvalue weighted by Crippen LogP contribution is 2.33. The Morgan fingerprint density at radius 3 is 2.00 bits per heavy atom. The van der Waals surface area contributed by atoms with E-state index in [1.165, 1.54) is 0 Å². The van der Waals surface area contributed by atoms with Crippen LogP contribution in [0.4, 0.5) is 0 Å². The molecule has 0 aromatic heterocycles. The number of rotatable bonds is 3.